The average molecular weight is 455 g/mol. The van der Waals surface area contributed by atoms with E-state index in [2.05, 4.69) is 28.9 Å². The van der Waals surface area contributed by atoms with Gasteiger partial charge < -0.3 is 20.1 Å². The van der Waals surface area contributed by atoms with Crippen LogP contribution in [0.25, 0.3) is 0 Å². The Morgan fingerprint density at radius 3 is 1.53 bits per heavy atom. The molecule has 0 radical (unpaired) electrons. The van der Waals surface area contributed by atoms with E-state index < -0.39 is 11.2 Å². The van der Waals surface area contributed by atoms with Crippen LogP contribution in [0.4, 0.5) is 9.59 Å². The summed E-state index contributed by atoms with van der Waals surface area (Å²) in [7, 11) is 0. The molecule has 0 aliphatic heterocycles. The van der Waals surface area contributed by atoms with Crippen molar-refractivity contribution in [1.82, 2.24) is 10.6 Å². The summed E-state index contributed by atoms with van der Waals surface area (Å²) in [4.78, 5) is 55.0. The van der Waals surface area contributed by atoms with E-state index in [0.29, 0.717) is 0 Å². The van der Waals surface area contributed by atoms with Crippen LogP contribution in [0.3, 0.4) is 0 Å². The molecule has 10 heteroatoms. The molecule has 2 aliphatic rings. The predicted octanol–water partition coefficient (Wildman–Crippen LogP) is 3.29. The Bertz CT molecular complexity index is 670. The van der Waals surface area contributed by atoms with Gasteiger partial charge in [0, 0.05) is 6.04 Å². The van der Waals surface area contributed by atoms with Gasteiger partial charge in [0.05, 0.1) is 6.04 Å². The summed E-state index contributed by atoms with van der Waals surface area (Å²) in [5, 5.41) is 5.60. The second-order valence-electron chi connectivity index (χ2n) is 8.71. The summed E-state index contributed by atoms with van der Waals surface area (Å²) < 4.78 is 10.2. The Morgan fingerprint density at radius 1 is 0.781 bits per heavy atom. The summed E-state index contributed by atoms with van der Waals surface area (Å²) >= 11 is 0. The van der Waals surface area contributed by atoms with Gasteiger partial charge in [0.15, 0.2) is 0 Å². The van der Waals surface area contributed by atoms with Crippen molar-refractivity contribution >= 4 is 24.5 Å². The fraction of sp³-hybridized carbons (Fsp3) is 0.636. The van der Waals surface area contributed by atoms with Gasteiger partial charge in [0.1, 0.15) is 11.2 Å². The third-order valence-electron chi connectivity index (χ3n) is 3.44. The van der Waals surface area contributed by atoms with Gasteiger partial charge >= 0.3 is 24.5 Å². The first-order valence-corrected chi connectivity index (χ1v) is 10.1. The molecule has 2 rings (SSSR count). The average Bonchev–Trinajstić information content (AvgIpc) is 3.27. The number of carbonyl (C=O) groups is 2. The second kappa shape index (κ2) is 16.5. The summed E-state index contributed by atoms with van der Waals surface area (Å²) in [6.45, 7) is 11.2. The molecule has 32 heavy (non-hydrogen) atoms. The zero-order valence-electron chi connectivity index (χ0n) is 19.6. The van der Waals surface area contributed by atoms with E-state index in [1.807, 2.05) is 47.6 Å². The van der Waals surface area contributed by atoms with Crippen LogP contribution in [-0.4, -0.2) is 47.8 Å². The number of ether oxygens (including phenoxy) is 2. The van der Waals surface area contributed by atoms with Crippen LogP contribution < -0.4 is 10.6 Å². The Morgan fingerprint density at radius 2 is 1.19 bits per heavy atom. The van der Waals surface area contributed by atoms with Gasteiger partial charge in [-0.25, -0.2) is 9.59 Å². The van der Waals surface area contributed by atoms with Gasteiger partial charge in [0.2, 0.25) is 0 Å². The normalized spacial score (nSPS) is 16.4. The SMILES string of the molecule is CC(C)(C)OC(=O)NC1CC=CC1.CC(C)(C)OC(=O)N[C@H]1C=CCC1.O=C=O.O=C=O. The molecule has 0 aromatic carbocycles. The third kappa shape index (κ3) is 21.5. The lowest BCUT2D eigenvalue weighted by atomic mass is 10.2. The van der Waals surface area contributed by atoms with Crippen LogP contribution in [0.1, 0.15) is 67.2 Å². The minimum atomic E-state index is -0.410. The molecule has 180 valence electrons. The predicted molar refractivity (Wildman–Crippen MR) is 113 cm³/mol. The van der Waals surface area contributed by atoms with Crippen LogP contribution in [0.15, 0.2) is 24.3 Å². The zero-order chi connectivity index (χ0) is 25.2. The first-order valence-electron chi connectivity index (χ1n) is 10.1. The topological polar surface area (TPSA) is 145 Å². The Labute approximate surface area is 188 Å². The van der Waals surface area contributed by atoms with E-state index in [1.54, 1.807) is 0 Å². The molecule has 0 spiro atoms. The van der Waals surface area contributed by atoms with Crippen molar-refractivity contribution in [2.75, 3.05) is 0 Å². The quantitative estimate of drug-likeness (QED) is 0.605. The number of rotatable bonds is 2. The molecule has 0 unspecified atom stereocenters. The van der Waals surface area contributed by atoms with Crippen molar-refractivity contribution in [1.29, 1.82) is 0 Å². The van der Waals surface area contributed by atoms with Crippen molar-refractivity contribution in [2.45, 2.75) is 90.5 Å². The van der Waals surface area contributed by atoms with Gasteiger partial charge in [-0.2, -0.15) is 19.2 Å². The third-order valence-corrected chi connectivity index (χ3v) is 3.44. The first-order chi connectivity index (χ1) is 14.8. The summed E-state index contributed by atoms with van der Waals surface area (Å²) in [6.07, 6.45) is 11.9. The van der Waals surface area contributed by atoms with Crippen molar-refractivity contribution in [3.8, 4) is 0 Å². The maximum absolute atomic E-state index is 11.3. The number of amides is 2. The van der Waals surface area contributed by atoms with Crippen molar-refractivity contribution in [3.05, 3.63) is 24.3 Å². The monoisotopic (exact) mass is 454 g/mol. The van der Waals surface area contributed by atoms with Gasteiger partial charge in [-0.05, 0) is 67.2 Å². The van der Waals surface area contributed by atoms with E-state index in [-0.39, 0.29) is 36.6 Å². The maximum atomic E-state index is 11.3. The van der Waals surface area contributed by atoms with Crippen LogP contribution in [-0.2, 0) is 28.7 Å². The summed E-state index contributed by atoms with van der Waals surface area (Å²) in [5.74, 6) is 0. The molecule has 0 aromatic rings. The highest BCUT2D eigenvalue weighted by molar-refractivity contribution is 5.68. The van der Waals surface area contributed by atoms with Gasteiger partial charge in [-0.15, -0.1) is 0 Å². The Hall–Kier alpha value is -3.22. The molecule has 0 fully saturated rings. The highest BCUT2D eigenvalue weighted by atomic mass is 16.6. The van der Waals surface area contributed by atoms with Crippen LogP contribution >= 0.6 is 0 Å². The minimum Gasteiger partial charge on any atom is -0.444 e. The van der Waals surface area contributed by atoms with E-state index >= 15 is 0 Å². The maximum Gasteiger partial charge on any atom is 0.408 e. The molecule has 10 nitrogen and oxygen atoms in total. The van der Waals surface area contributed by atoms with E-state index in [4.69, 9.17) is 28.7 Å². The van der Waals surface area contributed by atoms with Gasteiger partial charge in [0.25, 0.3) is 0 Å². The van der Waals surface area contributed by atoms with Crippen LogP contribution in [0, 0.1) is 0 Å². The van der Waals surface area contributed by atoms with Crippen LogP contribution in [0.2, 0.25) is 0 Å². The van der Waals surface area contributed by atoms with Crippen molar-refractivity contribution in [2.24, 2.45) is 0 Å². The molecule has 2 amide bonds. The smallest absolute Gasteiger partial charge is 0.408 e. The molecular weight excluding hydrogens is 420 g/mol. The summed E-state index contributed by atoms with van der Waals surface area (Å²) in [6, 6.07) is 0.393. The Balaban J connectivity index is 0. The molecule has 0 bridgehead atoms. The largest absolute Gasteiger partial charge is 0.444 e. The van der Waals surface area contributed by atoms with E-state index in [1.165, 1.54) is 0 Å². The van der Waals surface area contributed by atoms with Crippen molar-refractivity contribution < 1.29 is 38.2 Å². The molecule has 0 saturated heterocycles. The van der Waals surface area contributed by atoms with Gasteiger partial charge in [-0.1, -0.05) is 24.3 Å². The lowest BCUT2D eigenvalue weighted by Crippen LogP contribution is -2.37. The highest BCUT2D eigenvalue weighted by Gasteiger charge is 2.20. The highest BCUT2D eigenvalue weighted by Crippen LogP contribution is 2.12. The van der Waals surface area contributed by atoms with E-state index in [9.17, 15) is 9.59 Å². The van der Waals surface area contributed by atoms with Gasteiger partial charge in [-0.3, -0.25) is 0 Å². The fourth-order valence-electron chi connectivity index (χ4n) is 2.42. The Kier molecular flexibility index (Phi) is 15.9. The number of nitrogens with one attached hydrogen (secondary N) is 2. The molecule has 2 N–H and O–H groups in total. The molecular formula is C22H34N2O8. The number of hydrogen-bond acceptors (Lipinski definition) is 8. The second-order valence-corrected chi connectivity index (χ2v) is 8.71. The fourth-order valence-corrected chi connectivity index (χ4v) is 2.42. The van der Waals surface area contributed by atoms with E-state index in [0.717, 1.165) is 25.7 Å². The van der Waals surface area contributed by atoms with Crippen molar-refractivity contribution in [3.63, 3.8) is 0 Å². The first kappa shape index (κ1) is 31.0. The molecule has 0 heterocycles. The zero-order valence-corrected chi connectivity index (χ0v) is 19.6. The molecule has 0 saturated carbocycles. The number of alkyl carbamates (subject to hydrolysis) is 2. The minimum absolute atomic E-state index is 0.162. The summed E-state index contributed by atoms with van der Waals surface area (Å²) in [5.41, 5.74) is -0.817. The molecule has 0 aromatic heterocycles. The molecule has 1 atom stereocenters. The number of hydrogen-bond donors (Lipinski definition) is 2. The van der Waals surface area contributed by atoms with Crippen LogP contribution in [0.5, 0.6) is 0 Å². The number of allylic oxidation sites excluding steroid dienone is 1. The molecule has 2 aliphatic carbocycles. The number of carbonyl (C=O) groups excluding carboxylic acids is 6. The lowest BCUT2D eigenvalue weighted by molar-refractivity contribution is -0.193. The standard InChI is InChI=1S/2C10H17NO2.2CO2/c2*1-10(2,3)13-9(12)11-8-6-4-5-7-8;2*2-1-3/h4,6,8H,5,7H2,1-3H3,(H,11,12);4-5,8H,6-7H2,1-3H3,(H,11,12);;/t8-;;;/m0.../s1. The lowest BCUT2D eigenvalue weighted by Gasteiger charge is -2.21.